The van der Waals surface area contributed by atoms with Gasteiger partial charge >= 0.3 is 6.18 Å². The molecule has 2 aliphatic rings. The van der Waals surface area contributed by atoms with Crippen LogP contribution in [-0.4, -0.2) is 58.0 Å². The number of hydrogen-bond donors (Lipinski definition) is 2. The van der Waals surface area contributed by atoms with Crippen molar-refractivity contribution in [3.05, 3.63) is 89.4 Å². The summed E-state index contributed by atoms with van der Waals surface area (Å²) < 4.78 is 70.9. The Balaban J connectivity index is 1.28. The molecule has 3 aromatic rings. The van der Waals surface area contributed by atoms with Gasteiger partial charge in [-0.2, -0.15) is 22.0 Å². The van der Waals surface area contributed by atoms with E-state index >= 15 is 8.78 Å². The van der Waals surface area contributed by atoms with Crippen molar-refractivity contribution >= 4 is 17.6 Å². The molecule has 0 radical (unpaired) electrons. The molecule has 2 N–H and O–H groups in total. The Kier molecular flexibility index (Phi) is 8.27. The van der Waals surface area contributed by atoms with E-state index in [1.165, 1.54) is 6.07 Å². The van der Waals surface area contributed by atoms with Gasteiger partial charge in [0.2, 0.25) is 11.8 Å². The molecule has 2 aromatic heterocycles. The third-order valence-corrected chi connectivity index (χ3v) is 7.97. The number of halogens is 5. The van der Waals surface area contributed by atoms with Crippen molar-refractivity contribution < 1.29 is 31.5 Å². The standard InChI is InChI=1S/C30H30F5N5O2/c1-18-23(19-7-3-2-4-8-19)14-25(28(42)40(18)17-30(33,34)35)38-16-29(31,32)22-12-20-11-21(13-24(20)37-15-22)27(41)39-26-9-5-6-10-36-26/h2-10,12,15,18,21,23,25,38H,11,13-14,16-17H2,1H3,(H,36,39,41)/t18?,21-,23?,25-/m0/s1. The van der Waals surface area contributed by atoms with Crippen molar-refractivity contribution in [1.82, 2.24) is 20.2 Å². The van der Waals surface area contributed by atoms with Crippen LogP contribution in [0.1, 0.15) is 41.6 Å². The summed E-state index contributed by atoms with van der Waals surface area (Å²) in [6, 6.07) is 13.2. The third-order valence-electron chi connectivity index (χ3n) is 7.97. The topological polar surface area (TPSA) is 87.2 Å². The molecule has 1 saturated heterocycles. The van der Waals surface area contributed by atoms with E-state index in [2.05, 4.69) is 20.6 Å². The molecule has 0 bridgehead atoms. The number of carbonyl (C=O) groups excluding carboxylic acids is 2. The Bertz CT molecular complexity index is 1420. The van der Waals surface area contributed by atoms with Crippen LogP contribution in [0.25, 0.3) is 0 Å². The zero-order valence-electron chi connectivity index (χ0n) is 22.7. The molecule has 1 aliphatic heterocycles. The SMILES string of the molecule is CC1C(c2ccccc2)C[C@H](NCC(F)(F)c2cnc3c(c2)C[C@H](C(=O)Nc2ccccn2)C3)C(=O)N1CC(F)(F)F. The number of nitrogens with zero attached hydrogens (tertiary/aromatic N) is 3. The highest BCUT2D eigenvalue weighted by Gasteiger charge is 2.46. The molecule has 0 saturated carbocycles. The summed E-state index contributed by atoms with van der Waals surface area (Å²) in [6.45, 7) is -0.885. The molecular formula is C30H30F5N5O2. The average molecular weight is 588 g/mol. The molecular weight excluding hydrogens is 557 g/mol. The fourth-order valence-electron chi connectivity index (χ4n) is 5.74. The van der Waals surface area contributed by atoms with Gasteiger partial charge in [-0.1, -0.05) is 36.4 Å². The fraction of sp³-hybridized carbons (Fsp3) is 0.400. The van der Waals surface area contributed by atoms with E-state index in [0.29, 0.717) is 23.5 Å². The van der Waals surface area contributed by atoms with Gasteiger partial charge in [-0.25, -0.2) is 4.98 Å². The minimum atomic E-state index is -4.64. The van der Waals surface area contributed by atoms with E-state index < -0.39 is 60.6 Å². The van der Waals surface area contributed by atoms with Crippen LogP contribution in [0.15, 0.2) is 67.0 Å². The lowest BCUT2D eigenvalue weighted by Crippen LogP contribution is -2.59. The summed E-state index contributed by atoms with van der Waals surface area (Å²) in [5.41, 5.74) is 1.40. The lowest BCUT2D eigenvalue weighted by atomic mass is 9.81. The van der Waals surface area contributed by atoms with Crippen LogP contribution < -0.4 is 10.6 Å². The van der Waals surface area contributed by atoms with Gasteiger partial charge in [0.25, 0.3) is 5.92 Å². The quantitative estimate of drug-likeness (QED) is 0.368. The number of carbonyl (C=O) groups is 2. The molecule has 2 unspecified atom stereocenters. The van der Waals surface area contributed by atoms with Gasteiger partial charge < -0.3 is 10.2 Å². The lowest BCUT2D eigenvalue weighted by molar-refractivity contribution is -0.171. The van der Waals surface area contributed by atoms with Crippen molar-refractivity contribution in [1.29, 1.82) is 0 Å². The highest BCUT2D eigenvalue weighted by atomic mass is 19.4. The van der Waals surface area contributed by atoms with Crippen LogP contribution in [0.2, 0.25) is 0 Å². The maximum absolute atomic E-state index is 15.4. The van der Waals surface area contributed by atoms with Crippen molar-refractivity contribution in [2.24, 2.45) is 5.92 Å². The highest BCUT2D eigenvalue weighted by Crippen LogP contribution is 2.37. The monoisotopic (exact) mass is 587 g/mol. The second kappa shape index (κ2) is 11.7. The molecule has 1 fully saturated rings. The third kappa shape index (κ3) is 6.59. The van der Waals surface area contributed by atoms with Gasteiger partial charge in [-0.3, -0.25) is 19.9 Å². The molecule has 1 aromatic carbocycles. The zero-order chi connectivity index (χ0) is 30.1. The van der Waals surface area contributed by atoms with E-state index in [4.69, 9.17) is 0 Å². The molecule has 222 valence electrons. The first-order chi connectivity index (χ1) is 19.9. The Labute approximate surface area is 239 Å². The fourth-order valence-corrected chi connectivity index (χ4v) is 5.74. The maximum Gasteiger partial charge on any atom is 0.406 e. The normalized spacial score (nSPS) is 22.6. The number of benzene rings is 1. The van der Waals surface area contributed by atoms with E-state index in [1.54, 1.807) is 61.7 Å². The first-order valence-corrected chi connectivity index (χ1v) is 13.6. The van der Waals surface area contributed by atoms with Gasteiger partial charge in [0.1, 0.15) is 12.4 Å². The smallest absolute Gasteiger partial charge is 0.329 e. The number of alkyl halides is 5. The highest BCUT2D eigenvalue weighted by molar-refractivity contribution is 5.92. The van der Waals surface area contributed by atoms with Crippen molar-refractivity contribution in [2.45, 2.75) is 56.3 Å². The Morgan fingerprint density at radius 3 is 2.45 bits per heavy atom. The molecule has 4 atom stereocenters. The summed E-state index contributed by atoms with van der Waals surface area (Å²) >= 11 is 0. The van der Waals surface area contributed by atoms with Crippen LogP contribution >= 0.6 is 0 Å². The summed E-state index contributed by atoms with van der Waals surface area (Å²) in [5, 5.41) is 5.28. The Hall–Kier alpha value is -3.93. The molecule has 7 nitrogen and oxygen atoms in total. The zero-order valence-corrected chi connectivity index (χ0v) is 22.7. The van der Waals surface area contributed by atoms with Crippen LogP contribution in [-0.2, 0) is 28.4 Å². The summed E-state index contributed by atoms with van der Waals surface area (Å²) in [7, 11) is 0. The maximum atomic E-state index is 15.4. The molecule has 1 aliphatic carbocycles. The number of piperidine rings is 1. The second-order valence-electron chi connectivity index (χ2n) is 10.9. The van der Waals surface area contributed by atoms with Gasteiger partial charge in [0.15, 0.2) is 0 Å². The number of fused-ring (bicyclic) bond motifs is 1. The summed E-state index contributed by atoms with van der Waals surface area (Å²) in [5.74, 6) is -5.21. The molecule has 3 heterocycles. The average Bonchev–Trinajstić information content (AvgIpc) is 3.39. The number of aromatic nitrogens is 2. The number of hydrogen-bond acceptors (Lipinski definition) is 5. The molecule has 12 heteroatoms. The number of anilines is 1. The summed E-state index contributed by atoms with van der Waals surface area (Å²) in [6.07, 6.45) is -1.46. The van der Waals surface area contributed by atoms with E-state index in [0.717, 1.165) is 16.7 Å². The minimum absolute atomic E-state index is 0.0734. The number of nitrogens with one attached hydrogen (secondary N) is 2. The number of likely N-dealkylation sites (tertiary alicyclic amines) is 1. The first-order valence-electron chi connectivity index (χ1n) is 13.6. The first kappa shape index (κ1) is 29.6. The lowest BCUT2D eigenvalue weighted by Gasteiger charge is -2.43. The van der Waals surface area contributed by atoms with Crippen LogP contribution in [0.5, 0.6) is 0 Å². The number of rotatable bonds is 8. The Morgan fingerprint density at radius 2 is 1.76 bits per heavy atom. The molecule has 0 spiro atoms. The van der Waals surface area contributed by atoms with E-state index in [9.17, 15) is 22.8 Å². The minimum Gasteiger partial charge on any atom is -0.329 e. The predicted octanol–water partition coefficient (Wildman–Crippen LogP) is 4.85. The van der Waals surface area contributed by atoms with Gasteiger partial charge in [-0.05, 0) is 49.1 Å². The summed E-state index contributed by atoms with van der Waals surface area (Å²) in [4.78, 5) is 34.8. The second-order valence-corrected chi connectivity index (χ2v) is 10.9. The van der Waals surface area contributed by atoms with Gasteiger partial charge in [0.05, 0.1) is 12.6 Å². The predicted molar refractivity (Wildman–Crippen MR) is 145 cm³/mol. The molecule has 42 heavy (non-hydrogen) atoms. The van der Waals surface area contributed by atoms with Crippen molar-refractivity contribution in [3.63, 3.8) is 0 Å². The Morgan fingerprint density at radius 1 is 1.02 bits per heavy atom. The van der Waals surface area contributed by atoms with Crippen LogP contribution in [0.4, 0.5) is 27.8 Å². The molecule has 2 amide bonds. The molecule has 5 rings (SSSR count). The van der Waals surface area contributed by atoms with E-state index in [1.807, 2.05) is 0 Å². The number of amides is 2. The van der Waals surface area contributed by atoms with Crippen LogP contribution in [0, 0.1) is 5.92 Å². The largest absolute Gasteiger partial charge is 0.406 e. The van der Waals surface area contributed by atoms with Crippen LogP contribution in [0.3, 0.4) is 0 Å². The van der Waals surface area contributed by atoms with Crippen molar-refractivity contribution in [3.8, 4) is 0 Å². The van der Waals surface area contributed by atoms with Gasteiger partial charge in [-0.15, -0.1) is 0 Å². The van der Waals surface area contributed by atoms with Crippen molar-refractivity contribution in [2.75, 3.05) is 18.4 Å². The van der Waals surface area contributed by atoms with Gasteiger partial charge in [0, 0.05) is 47.9 Å². The number of pyridine rings is 2. The van der Waals surface area contributed by atoms with E-state index in [-0.39, 0.29) is 18.7 Å².